The van der Waals surface area contributed by atoms with Crippen molar-refractivity contribution in [1.82, 2.24) is 15.1 Å². The van der Waals surface area contributed by atoms with Gasteiger partial charge in [-0.3, -0.25) is 0 Å². The molecule has 0 aliphatic carbocycles. The van der Waals surface area contributed by atoms with Crippen LogP contribution < -0.4 is 5.32 Å². The molecule has 0 fully saturated rings. The van der Waals surface area contributed by atoms with Crippen LogP contribution in [-0.4, -0.2) is 81.3 Å². The molecule has 138 valence electrons. The Bertz CT molecular complexity index is 605. The highest BCUT2D eigenvalue weighted by atomic mass is 16.5. The molecular weight excluding hydrogens is 328 g/mol. The molecule has 0 aromatic rings. The zero-order chi connectivity index (χ0) is 18.7. The molecule has 0 amide bonds. The average molecular weight is 352 g/mol. The quantitative estimate of drug-likeness (QED) is 0.214. The number of guanidine groups is 1. The number of aliphatic imine (C=N–C) groups is 2. The standard InChI is InChI=1S/C14H24N8O3/c1-21(10-25-4)14-18-11(16-9-24-3)6-5-7-12(19-14)22(2)13(23)8-17-20-15/h5,13,23H,6,8-10H2,1-4H3,(H,16,18,19). The van der Waals surface area contributed by atoms with Gasteiger partial charge < -0.3 is 29.7 Å². The minimum atomic E-state index is -1.03. The number of rotatable bonds is 8. The molecule has 2 N–H and O–H groups in total. The van der Waals surface area contributed by atoms with E-state index in [4.69, 9.17) is 15.0 Å². The molecule has 0 saturated carbocycles. The number of aliphatic hydroxyl groups excluding tert-OH is 1. The third kappa shape index (κ3) is 6.84. The number of methoxy groups -OCH3 is 2. The second kappa shape index (κ2) is 11.1. The fraction of sp³-hybridized carbons (Fsp3) is 0.643. The summed E-state index contributed by atoms with van der Waals surface area (Å²) in [6.45, 7) is 0.484. The fourth-order valence-electron chi connectivity index (χ4n) is 1.80. The van der Waals surface area contributed by atoms with Crippen LogP contribution in [0.5, 0.6) is 0 Å². The van der Waals surface area contributed by atoms with Gasteiger partial charge in [0, 0.05) is 39.6 Å². The van der Waals surface area contributed by atoms with Crippen LogP contribution in [0.15, 0.2) is 32.7 Å². The first-order valence-electron chi connectivity index (χ1n) is 7.49. The molecule has 0 aromatic carbocycles. The Labute approximate surface area is 146 Å². The number of likely N-dealkylation sites (N-methyl/N-ethyl adjacent to an activating group) is 1. The van der Waals surface area contributed by atoms with Gasteiger partial charge in [0.15, 0.2) is 5.82 Å². The third-order valence-corrected chi connectivity index (χ3v) is 3.14. The normalized spacial score (nSPS) is 19.2. The number of nitrogens with zero attached hydrogens (tertiary/aromatic N) is 7. The molecular formula is C14H24N8O3. The summed E-state index contributed by atoms with van der Waals surface area (Å²) >= 11 is 0. The Morgan fingerprint density at radius 1 is 1.44 bits per heavy atom. The summed E-state index contributed by atoms with van der Waals surface area (Å²) in [4.78, 5) is 14.7. The molecule has 11 nitrogen and oxygen atoms in total. The smallest absolute Gasteiger partial charge is 0.231 e. The maximum absolute atomic E-state index is 10.1. The number of hydrogen-bond donors (Lipinski definition) is 2. The van der Waals surface area contributed by atoms with E-state index >= 15 is 0 Å². The Balaban J connectivity index is 3.12. The molecule has 11 heteroatoms. The second-order valence-corrected chi connectivity index (χ2v) is 5.08. The van der Waals surface area contributed by atoms with Crippen LogP contribution in [0.25, 0.3) is 10.4 Å². The second-order valence-electron chi connectivity index (χ2n) is 5.08. The summed E-state index contributed by atoms with van der Waals surface area (Å²) < 4.78 is 10.1. The van der Waals surface area contributed by atoms with Crippen molar-refractivity contribution in [3.05, 3.63) is 28.1 Å². The van der Waals surface area contributed by atoms with Gasteiger partial charge in [0.1, 0.15) is 25.5 Å². The van der Waals surface area contributed by atoms with Gasteiger partial charge in [-0.25, -0.2) is 0 Å². The van der Waals surface area contributed by atoms with Crippen LogP contribution in [0, 0.1) is 0 Å². The minimum absolute atomic E-state index is 0.110. The van der Waals surface area contributed by atoms with E-state index in [1.807, 2.05) is 0 Å². The Kier molecular flexibility index (Phi) is 9.09. The summed E-state index contributed by atoms with van der Waals surface area (Å²) in [7, 11) is 6.55. The van der Waals surface area contributed by atoms with Gasteiger partial charge in [0.2, 0.25) is 5.96 Å². The third-order valence-electron chi connectivity index (χ3n) is 3.14. The predicted molar refractivity (Wildman–Crippen MR) is 93.5 cm³/mol. The SMILES string of the molecule is COCN/C1=N/C(N(C)COC)=N\C(N(C)C(O)CN=[N+]=[N-])=C=CC1. The van der Waals surface area contributed by atoms with E-state index in [0.29, 0.717) is 30.8 Å². The number of amidine groups is 1. The summed E-state index contributed by atoms with van der Waals surface area (Å²) in [6, 6.07) is 0. The summed E-state index contributed by atoms with van der Waals surface area (Å²) in [5.41, 5.74) is 11.4. The van der Waals surface area contributed by atoms with Crippen molar-refractivity contribution in [1.29, 1.82) is 0 Å². The molecule has 1 aliphatic rings. The molecule has 1 atom stereocenters. The van der Waals surface area contributed by atoms with Crippen molar-refractivity contribution in [2.24, 2.45) is 15.1 Å². The van der Waals surface area contributed by atoms with E-state index in [-0.39, 0.29) is 13.3 Å². The lowest BCUT2D eigenvalue weighted by Crippen LogP contribution is -2.36. The highest BCUT2D eigenvalue weighted by Crippen LogP contribution is 2.10. The number of azide groups is 1. The first-order valence-corrected chi connectivity index (χ1v) is 7.49. The predicted octanol–water partition coefficient (Wildman–Crippen LogP) is 0.431. The maximum atomic E-state index is 10.1. The van der Waals surface area contributed by atoms with Gasteiger partial charge in [0.05, 0.1) is 6.54 Å². The molecule has 0 spiro atoms. The van der Waals surface area contributed by atoms with E-state index in [1.54, 1.807) is 39.3 Å². The summed E-state index contributed by atoms with van der Waals surface area (Å²) in [5.74, 6) is 1.39. The highest BCUT2D eigenvalue weighted by Gasteiger charge is 2.16. The minimum Gasteiger partial charge on any atom is -0.373 e. The van der Waals surface area contributed by atoms with Crippen molar-refractivity contribution in [2.75, 3.05) is 48.3 Å². The zero-order valence-electron chi connectivity index (χ0n) is 14.9. The van der Waals surface area contributed by atoms with Crippen molar-refractivity contribution in [3.8, 4) is 0 Å². The zero-order valence-corrected chi connectivity index (χ0v) is 14.9. The van der Waals surface area contributed by atoms with Gasteiger partial charge in [-0.15, -0.1) is 0 Å². The lowest BCUT2D eigenvalue weighted by atomic mass is 10.3. The number of aliphatic hydroxyl groups is 1. The average Bonchev–Trinajstić information content (AvgIpc) is 2.58. The van der Waals surface area contributed by atoms with Crippen LogP contribution in [0.2, 0.25) is 0 Å². The van der Waals surface area contributed by atoms with E-state index in [9.17, 15) is 5.11 Å². The van der Waals surface area contributed by atoms with E-state index in [1.165, 1.54) is 4.90 Å². The van der Waals surface area contributed by atoms with Crippen molar-refractivity contribution >= 4 is 11.8 Å². The lowest BCUT2D eigenvalue weighted by Gasteiger charge is -2.25. The summed E-state index contributed by atoms with van der Waals surface area (Å²) in [6.07, 6.45) is 1.19. The van der Waals surface area contributed by atoms with Crippen LogP contribution >= 0.6 is 0 Å². The Morgan fingerprint density at radius 3 is 2.84 bits per heavy atom. The number of hydrogen-bond acceptors (Lipinski definition) is 9. The highest BCUT2D eigenvalue weighted by molar-refractivity contribution is 5.97. The first-order chi connectivity index (χ1) is 12.0. The lowest BCUT2D eigenvalue weighted by molar-refractivity contribution is 0.0533. The topological polar surface area (TPSA) is 131 Å². The van der Waals surface area contributed by atoms with Crippen molar-refractivity contribution in [2.45, 2.75) is 12.6 Å². The van der Waals surface area contributed by atoms with Crippen molar-refractivity contribution < 1.29 is 14.6 Å². The van der Waals surface area contributed by atoms with Gasteiger partial charge >= 0.3 is 0 Å². The Morgan fingerprint density at radius 2 is 2.20 bits per heavy atom. The molecule has 1 heterocycles. The van der Waals surface area contributed by atoms with Crippen molar-refractivity contribution in [3.63, 3.8) is 0 Å². The number of nitrogens with one attached hydrogen (secondary N) is 1. The van der Waals surface area contributed by atoms with Gasteiger partial charge in [-0.1, -0.05) is 10.8 Å². The van der Waals surface area contributed by atoms with Crippen LogP contribution in [-0.2, 0) is 9.47 Å². The molecule has 25 heavy (non-hydrogen) atoms. The molecule has 0 aromatic heterocycles. The molecule has 0 bridgehead atoms. The van der Waals surface area contributed by atoms with Gasteiger partial charge in [-0.2, -0.15) is 9.98 Å². The molecule has 1 aliphatic heterocycles. The maximum Gasteiger partial charge on any atom is 0.231 e. The van der Waals surface area contributed by atoms with Gasteiger partial charge in [0.25, 0.3) is 0 Å². The van der Waals surface area contributed by atoms with E-state index in [0.717, 1.165) is 0 Å². The van der Waals surface area contributed by atoms with Gasteiger partial charge in [-0.05, 0) is 11.6 Å². The summed E-state index contributed by atoms with van der Waals surface area (Å²) in [5, 5.41) is 16.5. The fourth-order valence-corrected chi connectivity index (χ4v) is 1.80. The number of ether oxygens (including phenoxy) is 2. The molecule has 1 unspecified atom stereocenters. The largest absolute Gasteiger partial charge is 0.373 e. The monoisotopic (exact) mass is 352 g/mol. The van der Waals surface area contributed by atoms with E-state index in [2.05, 4.69) is 31.1 Å². The molecule has 0 saturated heterocycles. The first kappa shape index (κ1) is 20.5. The van der Waals surface area contributed by atoms with Crippen LogP contribution in [0.3, 0.4) is 0 Å². The van der Waals surface area contributed by atoms with Crippen LogP contribution in [0.1, 0.15) is 6.42 Å². The van der Waals surface area contributed by atoms with Crippen LogP contribution in [0.4, 0.5) is 0 Å². The molecule has 0 radical (unpaired) electrons. The Hall–Kier alpha value is -2.55. The van der Waals surface area contributed by atoms with E-state index < -0.39 is 6.23 Å². The molecule has 1 rings (SSSR count).